The monoisotopic (exact) mass is 293 g/mol. The van der Waals surface area contributed by atoms with Crippen LogP contribution in [0.5, 0.6) is 5.88 Å². The highest BCUT2D eigenvalue weighted by Gasteiger charge is 2.19. The van der Waals surface area contributed by atoms with Crippen molar-refractivity contribution in [1.29, 1.82) is 0 Å². The summed E-state index contributed by atoms with van der Waals surface area (Å²) in [5, 5.41) is 3.29. The van der Waals surface area contributed by atoms with Gasteiger partial charge in [-0.2, -0.15) is 4.98 Å². The van der Waals surface area contributed by atoms with Gasteiger partial charge in [-0.25, -0.2) is 4.98 Å². The van der Waals surface area contributed by atoms with Gasteiger partial charge < -0.3 is 14.8 Å². The van der Waals surface area contributed by atoms with E-state index < -0.39 is 0 Å². The zero-order valence-corrected chi connectivity index (χ0v) is 13.2. The summed E-state index contributed by atoms with van der Waals surface area (Å²) in [7, 11) is 1.70. The molecule has 21 heavy (non-hydrogen) atoms. The highest BCUT2D eigenvalue weighted by atomic mass is 16.5. The van der Waals surface area contributed by atoms with Crippen LogP contribution in [0.4, 0.5) is 5.82 Å². The number of nitrogens with one attached hydrogen (secondary N) is 1. The fourth-order valence-corrected chi connectivity index (χ4v) is 2.64. The van der Waals surface area contributed by atoms with E-state index in [1.165, 1.54) is 32.1 Å². The number of hydrogen-bond acceptors (Lipinski definition) is 5. The Morgan fingerprint density at radius 3 is 2.71 bits per heavy atom. The first-order valence-electron chi connectivity index (χ1n) is 8.08. The Kier molecular flexibility index (Phi) is 6.73. The molecule has 1 aliphatic rings. The minimum atomic E-state index is 0.479. The van der Waals surface area contributed by atoms with Crippen molar-refractivity contribution in [3.63, 3.8) is 0 Å². The molecule has 1 N–H and O–H groups in total. The van der Waals surface area contributed by atoms with E-state index in [-0.39, 0.29) is 0 Å². The fourth-order valence-electron chi connectivity index (χ4n) is 2.64. The van der Waals surface area contributed by atoms with Crippen LogP contribution < -0.4 is 10.1 Å². The number of aromatic nitrogens is 2. The molecule has 1 aromatic heterocycles. The van der Waals surface area contributed by atoms with Gasteiger partial charge in [-0.15, -0.1) is 0 Å². The predicted molar refractivity (Wildman–Crippen MR) is 84.0 cm³/mol. The van der Waals surface area contributed by atoms with Gasteiger partial charge in [-0.3, -0.25) is 0 Å². The molecule has 5 nitrogen and oxygen atoms in total. The van der Waals surface area contributed by atoms with Crippen LogP contribution in [0.25, 0.3) is 0 Å². The zero-order chi connectivity index (χ0) is 14.9. The molecule has 118 valence electrons. The van der Waals surface area contributed by atoms with Crippen LogP contribution in [0.15, 0.2) is 6.07 Å². The number of ether oxygens (including phenoxy) is 2. The highest BCUT2D eigenvalue weighted by Crippen LogP contribution is 2.32. The van der Waals surface area contributed by atoms with Crippen molar-refractivity contribution in [1.82, 2.24) is 9.97 Å². The SMILES string of the molecule is CCCOc1cc(NCCOC)nc(C2CCCCC2)n1. The van der Waals surface area contributed by atoms with Crippen LogP contribution in [0.3, 0.4) is 0 Å². The molecule has 0 spiro atoms. The van der Waals surface area contributed by atoms with Crippen molar-refractivity contribution in [3.8, 4) is 5.88 Å². The van der Waals surface area contributed by atoms with Gasteiger partial charge in [0, 0.05) is 25.6 Å². The van der Waals surface area contributed by atoms with Gasteiger partial charge in [0.2, 0.25) is 5.88 Å². The van der Waals surface area contributed by atoms with E-state index in [4.69, 9.17) is 9.47 Å². The predicted octanol–water partition coefficient (Wildman–Crippen LogP) is 3.37. The van der Waals surface area contributed by atoms with E-state index in [0.717, 1.165) is 24.6 Å². The number of methoxy groups -OCH3 is 1. The maximum absolute atomic E-state index is 5.71. The Bertz CT molecular complexity index is 420. The second-order valence-corrected chi connectivity index (χ2v) is 5.55. The lowest BCUT2D eigenvalue weighted by Gasteiger charge is -2.21. The third-order valence-corrected chi connectivity index (χ3v) is 3.76. The number of anilines is 1. The standard InChI is InChI=1S/C16H27N3O2/c1-3-10-21-15-12-14(17-9-11-20-2)18-16(19-15)13-7-5-4-6-8-13/h12-13H,3-11H2,1-2H3,(H,17,18,19). The first-order chi connectivity index (χ1) is 10.3. The average Bonchev–Trinajstić information content (AvgIpc) is 2.54. The number of nitrogens with zero attached hydrogens (tertiary/aromatic N) is 2. The van der Waals surface area contributed by atoms with Crippen molar-refractivity contribution >= 4 is 5.82 Å². The molecule has 0 aliphatic heterocycles. The molecular weight excluding hydrogens is 266 g/mol. The summed E-state index contributed by atoms with van der Waals surface area (Å²) in [6.07, 6.45) is 7.25. The van der Waals surface area contributed by atoms with E-state index in [0.29, 0.717) is 25.0 Å². The minimum absolute atomic E-state index is 0.479. The summed E-state index contributed by atoms with van der Waals surface area (Å²) < 4.78 is 10.8. The largest absolute Gasteiger partial charge is 0.478 e. The summed E-state index contributed by atoms with van der Waals surface area (Å²) in [5.74, 6) is 2.94. The van der Waals surface area contributed by atoms with Gasteiger partial charge >= 0.3 is 0 Å². The first kappa shape index (κ1) is 16.0. The van der Waals surface area contributed by atoms with Crippen molar-refractivity contribution < 1.29 is 9.47 Å². The molecule has 0 bridgehead atoms. The molecule has 5 heteroatoms. The lowest BCUT2D eigenvalue weighted by molar-refractivity contribution is 0.210. The van der Waals surface area contributed by atoms with E-state index in [1.807, 2.05) is 6.07 Å². The smallest absolute Gasteiger partial charge is 0.218 e. The molecule has 1 saturated carbocycles. The molecule has 1 heterocycles. The summed E-state index contributed by atoms with van der Waals surface area (Å²) in [4.78, 5) is 9.30. The van der Waals surface area contributed by atoms with Crippen LogP contribution in [-0.4, -0.2) is 36.8 Å². The number of rotatable bonds is 8. The lowest BCUT2D eigenvalue weighted by atomic mass is 9.89. The second kappa shape index (κ2) is 8.82. The zero-order valence-electron chi connectivity index (χ0n) is 13.2. The van der Waals surface area contributed by atoms with Crippen LogP contribution in [0, 0.1) is 0 Å². The van der Waals surface area contributed by atoms with Crippen molar-refractivity contribution in [2.24, 2.45) is 0 Å². The Morgan fingerprint density at radius 1 is 1.19 bits per heavy atom. The van der Waals surface area contributed by atoms with Gasteiger partial charge in [0.25, 0.3) is 0 Å². The summed E-state index contributed by atoms with van der Waals surface area (Å²) in [6, 6.07) is 1.89. The average molecular weight is 293 g/mol. The van der Waals surface area contributed by atoms with E-state index in [1.54, 1.807) is 7.11 Å². The Hall–Kier alpha value is -1.36. The molecule has 0 amide bonds. The van der Waals surface area contributed by atoms with Crippen molar-refractivity contribution in [2.75, 3.05) is 32.2 Å². The third kappa shape index (κ3) is 5.16. The first-order valence-corrected chi connectivity index (χ1v) is 8.08. The molecule has 1 aliphatic carbocycles. The normalized spacial score (nSPS) is 15.9. The van der Waals surface area contributed by atoms with Crippen LogP contribution >= 0.6 is 0 Å². The van der Waals surface area contributed by atoms with Crippen LogP contribution in [0.2, 0.25) is 0 Å². The van der Waals surface area contributed by atoms with Gasteiger partial charge in [0.1, 0.15) is 11.6 Å². The summed E-state index contributed by atoms with van der Waals surface area (Å²) in [6.45, 7) is 4.19. The van der Waals surface area contributed by atoms with Gasteiger partial charge in [0.15, 0.2) is 0 Å². The van der Waals surface area contributed by atoms with Gasteiger partial charge in [0.05, 0.1) is 13.2 Å². The van der Waals surface area contributed by atoms with Crippen LogP contribution in [-0.2, 0) is 4.74 Å². The Balaban J connectivity index is 2.10. The van der Waals surface area contributed by atoms with Crippen molar-refractivity contribution in [3.05, 3.63) is 11.9 Å². The molecule has 2 rings (SSSR count). The Morgan fingerprint density at radius 2 is 2.00 bits per heavy atom. The maximum Gasteiger partial charge on any atom is 0.218 e. The number of hydrogen-bond donors (Lipinski definition) is 1. The molecule has 1 aromatic rings. The second-order valence-electron chi connectivity index (χ2n) is 5.55. The quantitative estimate of drug-likeness (QED) is 0.745. The molecular formula is C16H27N3O2. The third-order valence-electron chi connectivity index (χ3n) is 3.76. The molecule has 1 fully saturated rings. The van der Waals surface area contributed by atoms with Crippen LogP contribution in [0.1, 0.15) is 57.2 Å². The molecule has 0 unspecified atom stereocenters. The molecule has 0 atom stereocenters. The van der Waals surface area contributed by atoms with Crippen molar-refractivity contribution in [2.45, 2.75) is 51.4 Å². The lowest BCUT2D eigenvalue weighted by Crippen LogP contribution is -2.14. The Labute approximate surface area is 127 Å². The fraction of sp³-hybridized carbons (Fsp3) is 0.750. The summed E-state index contributed by atoms with van der Waals surface area (Å²) in [5.41, 5.74) is 0. The van der Waals surface area contributed by atoms with E-state index in [9.17, 15) is 0 Å². The summed E-state index contributed by atoms with van der Waals surface area (Å²) >= 11 is 0. The molecule has 0 saturated heterocycles. The van der Waals surface area contributed by atoms with E-state index in [2.05, 4.69) is 22.2 Å². The topological polar surface area (TPSA) is 56.3 Å². The molecule has 0 radical (unpaired) electrons. The highest BCUT2D eigenvalue weighted by molar-refractivity contribution is 5.39. The minimum Gasteiger partial charge on any atom is -0.478 e. The van der Waals surface area contributed by atoms with Gasteiger partial charge in [-0.05, 0) is 19.3 Å². The maximum atomic E-state index is 5.71. The van der Waals surface area contributed by atoms with Gasteiger partial charge in [-0.1, -0.05) is 26.2 Å². The van der Waals surface area contributed by atoms with E-state index >= 15 is 0 Å². The molecule has 0 aromatic carbocycles.